The zero-order valence-corrected chi connectivity index (χ0v) is 23.6. The monoisotopic (exact) mass is 565 g/mol. The van der Waals surface area contributed by atoms with E-state index in [9.17, 15) is 14.4 Å². The van der Waals surface area contributed by atoms with Crippen LogP contribution in [0.2, 0.25) is 0 Å². The predicted octanol–water partition coefficient (Wildman–Crippen LogP) is 4.35. The number of benzene rings is 3. The minimum atomic E-state index is -0.750. The Balaban J connectivity index is 1.47. The Morgan fingerprint density at radius 1 is 1.02 bits per heavy atom. The standard InChI is InChI=1S/C32H31N5O5/c1-4-7-28-27(31(39)34-20(3)37(28)23-14-16-24(17-15-23)41-19(2)29(33)38)18-21-10-12-22(13-11-21)25-8-5-6-9-26(25)30-35-32(40)42-36-30/h5-6,8-17,19H,4,7,18H2,1-3H3,(H2,33,38)(H,35,36,40). The quantitative estimate of drug-likeness (QED) is 0.256. The van der Waals surface area contributed by atoms with Crippen LogP contribution in [0.25, 0.3) is 28.2 Å². The fourth-order valence-electron chi connectivity index (χ4n) is 4.97. The third-order valence-corrected chi connectivity index (χ3v) is 7.03. The number of nitrogens with one attached hydrogen (secondary N) is 1. The summed E-state index contributed by atoms with van der Waals surface area (Å²) in [5.74, 6) is 0.308. The Labute approximate surface area is 241 Å². The second-order valence-electron chi connectivity index (χ2n) is 9.99. The van der Waals surface area contributed by atoms with Crippen LogP contribution in [-0.2, 0) is 17.6 Å². The lowest BCUT2D eigenvalue weighted by Crippen LogP contribution is -2.30. The van der Waals surface area contributed by atoms with Crippen LogP contribution in [-0.4, -0.2) is 31.7 Å². The molecule has 5 aromatic rings. The molecule has 2 aromatic heterocycles. The normalized spacial score (nSPS) is 11.8. The van der Waals surface area contributed by atoms with Gasteiger partial charge < -0.3 is 15.0 Å². The fourth-order valence-corrected chi connectivity index (χ4v) is 4.97. The number of amides is 1. The van der Waals surface area contributed by atoms with Gasteiger partial charge in [0.1, 0.15) is 11.6 Å². The molecule has 1 amide bonds. The lowest BCUT2D eigenvalue weighted by atomic mass is 9.96. The van der Waals surface area contributed by atoms with Crippen molar-refractivity contribution < 1.29 is 14.1 Å². The van der Waals surface area contributed by atoms with Crippen LogP contribution in [0.15, 0.2) is 86.9 Å². The van der Waals surface area contributed by atoms with E-state index in [0.29, 0.717) is 35.8 Å². The van der Waals surface area contributed by atoms with Gasteiger partial charge in [0, 0.05) is 28.9 Å². The molecule has 1 unspecified atom stereocenters. The zero-order valence-electron chi connectivity index (χ0n) is 23.6. The van der Waals surface area contributed by atoms with Gasteiger partial charge in [-0.05, 0) is 61.2 Å². The van der Waals surface area contributed by atoms with Crippen molar-refractivity contribution >= 4 is 5.91 Å². The maximum absolute atomic E-state index is 13.2. The number of carbonyl (C=O) groups excluding carboxylic acids is 1. The summed E-state index contributed by atoms with van der Waals surface area (Å²) in [4.78, 5) is 43.1. The SMILES string of the molecule is CCCc1c(Cc2ccc(-c3ccccc3-c3noc(=O)[nH]3)cc2)c(=O)nc(C)n1-c1ccc(OC(C)C(N)=O)cc1. The van der Waals surface area contributed by atoms with Gasteiger partial charge >= 0.3 is 5.76 Å². The van der Waals surface area contributed by atoms with Gasteiger partial charge in [-0.2, -0.15) is 4.98 Å². The summed E-state index contributed by atoms with van der Waals surface area (Å²) in [6, 6.07) is 22.8. The van der Waals surface area contributed by atoms with Crippen LogP contribution in [0.3, 0.4) is 0 Å². The Bertz CT molecular complexity index is 1840. The molecular weight excluding hydrogens is 534 g/mol. The highest BCUT2D eigenvalue weighted by Gasteiger charge is 2.18. The summed E-state index contributed by atoms with van der Waals surface area (Å²) in [5.41, 5.74) is 11.0. The number of aromatic amines is 1. The van der Waals surface area contributed by atoms with Gasteiger partial charge in [0.25, 0.3) is 11.5 Å². The third-order valence-electron chi connectivity index (χ3n) is 7.03. The average molecular weight is 566 g/mol. The molecule has 0 aliphatic carbocycles. The third kappa shape index (κ3) is 5.92. The molecule has 0 fully saturated rings. The first-order valence-corrected chi connectivity index (χ1v) is 13.7. The first-order valence-electron chi connectivity index (χ1n) is 13.7. The fraction of sp³-hybridized carbons (Fsp3) is 0.219. The maximum Gasteiger partial charge on any atom is 0.439 e. The summed E-state index contributed by atoms with van der Waals surface area (Å²) in [6.07, 6.45) is 1.19. The van der Waals surface area contributed by atoms with Gasteiger partial charge in [0.05, 0.1) is 0 Å². The van der Waals surface area contributed by atoms with Crippen LogP contribution < -0.4 is 21.8 Å². The van der Waals surface area contributed by atoms with Crippen LogP contribution in [0.1, 0.15) is 42.9 Å². The van der Waals surface area contributed by atoms with E-state index in [0.717, 1.165) is 40.1 Å². The topological polar surface area (TPSA) is 146 Å². The molecule has 2 heterocycles. The Kier molecular flexibility index (Phi) is 8.14. The highest BCUT2D eigenvalue weighted by molar-refractivity contribution is 5.80. The molecule has 0 aliphatic rings. The minimum Gasteiger partial charge on any atom is -0.481 e. The molecule has 0 saturated carbocycles. The second kappa shape index (κ2) is 12.1. The number of hydrogen-bond acceptors (Lipinski definition) is 7. The molecule has 0 bridgehead atoms. The van der Waals surface area contributed by atoms with Crippen molar-refractivity contribution in [3.63, 3.8) is 0 Å². The molecule has 3 N–H and O–H groups in total. The molecule has 5 rings (SSSR count). The van der Waals surface area contributed by atoms with Crippen molar-refractivity contribution in [1.29, 1.82) is 0 Å². The Morgan fingerprint density at radius 2 is 1.71 bits per heavy atom. The van der Waals surface area contributed by atoms with Gasteiger partial charge in [0.2, 0.25) is 0 Å². The number of rotatable bonds is 10. The largest absolute Gasteiger partial charge is 0.481 e. The minimum absolute atomic E-state index is 0.244. The Hall–Kier alpha value is -5.25. The number of ether oxygens (including phenoxy) is 1. The van der Waals surface area contributed by atoms with Crippen LogP contribution in [0.5, 0.6) is 5.75 Å². The molecule has 42 heavy (non-hydrogen) atoms. The van der Waals surface area contributed by atoms with Crippen molar-refractivity contribution in [2.24, 2.45) is 5.73 Å². The van der Waals surface area contributed by atoms with Crippen LogP contribution in [0, 0.1) is 6.92 Å². The van der Waals surface area contributed by atoms with E-state index in [1.807, 2.05) is 72.2 Å². The number of aromatic nitrogens is 4. The molecule has 10 nitrogen and oxygen atoms in total. The molecular formula is C32H31N5O5. The lowest BCUT2D eigenvalue weighted by Gasteiger charge is -2.20. The van der Waals surface area contributed by atoms with E-state index >= 15 is 0 Å². The molecule has 0 spiro atoms. The molecule has 0 radical (unpaired) electrons. The zero-order chi connectivity index (χ0) is 29.8. The van der Waals surface area contributed by atoms with Gasteiger partial charge in [-0.1, -0.05) is 67.0 Å². The summed E-state index contributed by atoms with van der Waals surface area (Å²) >= 11 is 0. The number of nitrogens with zero attached hydrogens (tertiary/aromatic N) is 3. The first kappa shape index (κ1) is 28.3. The molecule has 0 aliphatic heterocycles. The van der Waals surface area contributed by atoms with Crippen molar-refractivity contribution in [3.8, 4) is 34.0 Å². The number of nitrogens with two attached hydrogens (primary N) is 1. The van der Waals surface area contributed by atoms with Gasteiger partial charge in [-0.15, -0.1) is 0 Å². The molecule has 214 valence electrons. The summed E-state index contributed by atoms with van der Waals surface area (Å²) in [7, 11) is 0. The van der Waals surface area contributed by atoms with E-state index in [1.54, 1.807) is 19.1 Å². The smallest absolute Gasteiger partial charge is 0.439 e. The van der Waals surface area contributed by atoms with E-state index < -0.39 is 17.8 Å². The maximum atomic E-state index is 13.2. The van der Waals surface area contributed by atoms with Crippen LogP contribution in [0.4, 0.5) is 0 Å². The van der Waals surface area contributed by atoms with E-state index in [2.05, 4.69) is 22.0 Å². The number of aryl methyl sites for hydroxylation is 1. The Morgan fingerprint density at radius 3 is 2.33 bits per heavy atom. The van der Waals surface area contributed by atoms with Gasteiger partial charge in [-0.3, -0.25) is 19.1 Å². The molecule has 0 saturated heterocycles. The highest BCUT2D eigenvalue weighted by atomic mass is 16.5. The van der Waals surface area contributed by atoms with Gasteiger partial charge in [-0.25, -0.2) is 4.79 Å². The number of H-pyrrole nitrogens is 1. The van der Waals surface area contributed by atoms with Crippen molar-refractivity contribution in [3.05, 3.63) is 116 Å². The van der Waals surface area contributed by atoms with Gasteiger partial charge in [0.15, 0.2) is 11.9 Å². The van der Waals surface area contributed by atoms with E-state index in [4.69, 9.17) is 15.0 Å². The van der Waals surface area contributed by atoms with Crippen LogP contribution >= 0.6 is 0 Å². The predicted molar refractivity (Wildman–Crippen MR) is 159 cm³/mol. The van der Waals surface area contributed by atoms with Crippen molar-refractivity contribution in [1.82, 2.24) is 19.7 Å². The summed E-state index contributed by atoms with van der Waals surface area (Å²) in [5, 5.41) is 3.83. The number of primary amides is 1. The first-order chi connectivity index (χ1) is 20.2. The number of hydrogen-bond donors (Lipinski definition) is 2. The molecule has 3 aromatic carbocycles. The lowest BCUT2D eigenvalue weighted by molar-refractivity contribution is -0.123. The van der Waals surface area contributed by atoms with Crippen molar-refractivity contribution in [2.45, 2.75) is 46.1 Å². The average Bonchev–Trinajstić information content (AvgIpc) is 3.42. The number of carbonyl (C=O) groups is 1. The molecule has 10 heteroatoms. The summed E-state index contributed by atoms with van der Waals surface area (Å²) < 4.78 is 12.3. The molecule has 1 atom stereocenters. The second-order valence-corrected chi connectivity index (χ2v) is 9.99. The van der Waals surface area contributed by atoms with E-state index in [-0.39, 0.29) is 5.56 Å². The van der Waals surface area contributed by atoms with Crippen molar-refractivity contribution in [2.75, 3.05) is 0 Å². The summed E-state index contributed by atoms with van der Waals surface area (Å²) in [6.45, 7) is 5.49. The highest BCUT2D eigenvalue weighted by Crippen LogP contribution is 2.30. The van der Waals surface area contributed by atoms with E-state index in [1.165, 1.54) is 0 Å².